The molecule has 3 fully saturated rings. The number of amides is 2. The average molecular weight is 612 g/mol. The van der Waals surface area contributed by atoms with Crippen molar-refractivity contribution in [2.24, 2.45) is 11.8 Å². The van der Waals surface area contributed by atoms with Gasteiger partial charge in [-0.15, -0.1) is 10.2 Å². The van der Waals surface area contributed by atoms with Crippen LogP contribution in [0.2, 0.25) is 0 Å². The van der Waals surface area contributed by atoms with Crippen LogP contribution in [0.25, 0.3) is 27.5 Å². The zero-order chi connectivity index (χ0) is 30.4. The first-order valence-corrected chi connectivity index (χ1v) is 16.2. The Hall–Kier alpha value is -4.28. The maximum Gasteiger partial charge on any atom is 0.317 e. The van der Waals surface area contributed by atoms with Crippen molar-refractivity contribution in [3.8, 4) is 28.0 Å². The quantitative estimate of drug-likeness (QED) is 0.335. The molecule has 4 aromatic rings. The number of hydrogen-bond acceptors (Lipinski definition) is 10. The number of nitriles is 1. The molecule has 2 aliphatic heterocycles. The van der Waals surface area contributed by atoms with Gasteiger partial charge in [-0.3, -0.25) is 4.98 Å². The number of carbonyl (C=O) groups is 1. The van der Waals surface area contributed by atoms with Gasteiger partial charge in [0.1, 0.15) is 6.07 Å². The molecule has 0 aromatic carbocycles. The van der Waals surface area contributed by atoms with Gasteiger partial charge in [-0.1, -0.05) is 11.3 Å². The van der Waals surface area contributed by atoms with Crippen molar-refractivity contribution in [2.75, 3.05) is 56.5 Å². The molecule has 13 heteroatoms. The largest absolute Gasteiger partial charge is 0.382 e. The molecule has 0 radical (unpaired) electrons. The van der Waals surface area contributed by atoms with Gasteiger partial charge in [0.25, 0.3) is 0 Å². The van der Waals surface area contributed by atoms with Crippen LogP contribution >= 0.6 is 11.3 Å². The second-order valence-electron chi connectivity index (χ2n) is 12.5. The van der Waals surface area contributed by atoms with Crippen LogP contribution in [0.5, 0.6) is 0 Å². The third kappa shape index (κ3) is 5.44. The summed E-state index contributed by atoms with van der Waals surface area (Å²) >= 11 is 1.59. The summed E-state index contributed by atoms with van der Waals surface area (Å²) in [4.78, 5) is 24.4. The van der Waals surface area contributed by atoms with Gasteiger partial charge in [0.15, 0.2) is 5.01 Å². The van der Waals surface area contributed by atoms with E-state index >= 15 is 0 Å². The number of anilines is 2. The second-order valence-corrected chi connectivity index (χ2v) is 13.4. The highest BCUT2D eigenvalue weighted by molar-refractivity contribution is 7.18. The first kappa shape index (κ1) is 28.5. The molecule has 1 aliphatic carbocycles. The number of pyridine rings is 1. The van der Waals surface area contributed by atoms with Crippen molar-refractivity contribution in [1.29, 1.82) is 5.26 Å². The molecule has 2 N–H and O–H groups in total. The highest BCUT2D eigenvalue weighted by atomic mass is 32.1. The van der Waals surface area contributed by atoms with Crippen LogP contribution in [0.1, 0.15) is 32.3 Å². The van der Waals surface area contributed by atoms with Crippen LogP contribution in [0.15, 0.2) is 36.7 Å². The van der Waals surface area contributed by atoms with Gasteiger partial charge in [-0.05, 0) is 69.8 Å². The number of aromatic nitrogens is 5. The molecule has 3 atom stereocenters. The molecule has 44 heavy (non-hydrogen) atoms. The molecule has 7 rings (SSSR count). The van der Waals surface area contributed by atoms with E-state index in [2.05, 4.69) is 62.7 Å². The Labute approximate surface area is 260 Å². The summed E-state index contributed by atoms with van der Waals surface area (Å²) in [6, 6.07) is 10.4. The Morgan fingerprint density at radius 3 is 2.57 bits per heavy atom. The predicted octanol–water partition coefficient (Wildman–Crippen LogP) is 3.78. The first-order valence-electron chi connectivity index (χ1n) is 15.3. The number of piperazine rings is 1. The summed E-state index contributed by atoms with van der Waals surface area (Å²) in [5, 5.41) is 31.6. The summed E-state index contributed by atoms with van der Waals surface area (Å²) < 4.78 is 1.80. The predicted molar refractivity (Wildman–Crippen MR) is 171 cm³/mol. The fourth-order valence-electron chi connectivity index (χ4n) is 6.76. The van der Waals surface area contributed by atoms with Crippen LogP contribution in [-0.2, 0) is 0 Å². The molecule has 3 aliphatic rings. The van der Waals surface area contributed by atoms with Crippen molar-refractivity contribution in [1.82, 2.24) is 39.9 Å². The molecule has 0 spiro atoms. The maximum absolute atomic E-state index is 13.0. The molecule has 2 saturated heterocycles. The van der Waals surface area contributed by atoms with Crippen molar-refractivity contribution < 1.29 is 4.79 Å². The van der Waals surface area contributed by atoms with Gasteiger partial charge in [0.2, 0.25) is 5.13 Å². The molecule has 12 nitrogen and oxygen atoms in total. The Morgan fingerprint density at radius 1 is 1.07 bits per heavy atom. The number of urea groups is 1. The SMILES string of the molecule is CC(C)Nc1cc(-c2ccc3cc(C#N)cnn23)ncc1-c1nnc(N2C[C@H]3CC[C@@H](C2)[C@@H]3NC(=O)N2CCN(C)CC2)s1. The minimum absolute atomic E-state index is 0.0867. The number of nitrogens with zero attached hydrogens (tertiary/aromatic N) is 9. The standard InChI is InChI=1S/C31H37N11OS/c1-19(2)35-25-13-26(27-7-6-23-12-20(14-32)15-34-42(23)27)33-16-24(25)29-37-38-31(44-29)41-17-21-4-5-22(18-41)28(21)36-30(43)40-10-8-39(3)9-11-40/h6-7,12-13,15-16,19,21-22,28H,4-5,8-11,17-18H2,1-3H3,(H,33,35)(H,36,43)/t21-,22+,28-. The second kappa shape index (κ2) is 11.7. The van der Waals surface area contributed by atoms with E-state index in [0.717, 1.165) is 90.4 Å². The number of piperidine rings is 1. The lowest BCUT2D eigenvalue weighted by molar-refractivity contribution is 0.146. The van der Waals surface area contributed by atoms with E-state index in [1.54, 1.807) is 22.0 Å². The van der Waals surface area contributed by atoms with Gasteiger partial charge in [0.05, 0.1) is 34.2 Å². The van der Waals surface area contributed by atoms with Crippen LogP contribution < -0.4 is 15.5 Å². The highest BCUT2D eigenvalue weighted by Crippen LogP contribution is 2.41. The first-order chi connectivity index (χ1) is 21.4. The molecule has 2 amide bonds. The third-order valence-corrected chi connectivity index (χ3v) is 10.1. The van der Waals surface area contributed by atoms with Crippen LogP contribution in [0.4, 0.5) is 15.6 Å². The van der Waals surface area contributed by atoms with Crippen LogP contribution in [0, 0.1) is 23.2 Å². The number of fused-ring (bicyclic) bond motifs is 3. The van der Waals surface area contributed by atoms with E-state index in [4.69, 9.17) is 4.98 Å². The van der Waals surface area contributed by atoms with Gasteiger partial charge in [-0.2, -0.15) is 10.4 Å². The topological polar surface area (TPSA) is 131 Å². The summed E-state index contributed by atoms with van der Waals surface area (Å²) in [6.45, 7) is 9.38. The summed E-state index contributed by atoms with van der Waals surface area (Å²) in [6.07, 6.45) is 5.67. The van der Waals surface area contributed by atoms with Crippen molar-refractivity contribution in [2.45, 2.75) is 38.8 Å². The minimum atomic E-state index is 0.0867. The molecule has 4 aromatic heterocycles. The fourth-order valence-corrected chi connectivity index (χ4v) is 7.65. The normalized spacial score (nSPS) is 22.0. The van der Waals surface area contributed by atoms with E-state index < -0.39 is 0 Å². The van der Waals surface area contributed by atoms with Crippen LogP contribution in [-0.4, -0.2) is 99.0 Å². The summed E-state index contributed by atoms with van der Waals surface area (Å²) in [5.41, 5.74) is 4.82. The lowest BCUT2D eigenvalue weighted by atomic mass is 9.92. The lowest BCUT2D eigenvalue weighted by Crippen LogP contribution is -2.57. The summed E-state index contributed by atoms with van der Waals surface area (Å²) in [5.74, 6) is 0.817. The Kier molecular flexibility index (Phi) is 7.55. The average Bonchev–Trinajstić information content (AvgIpc) is 3.73. The van der Waals surface area contributed by atoms with Gasteiger partial charge in [0, 0.05) is 63.2 Å². The smallest absolute Gasteiger partial charge is 0.317 e. The zero-order valence-corrected chi connectivity index (χ0v) is 26.1. The number of nitrogens with one attached hydrogen (secondary N) is 2. The molecule has 0 unspecified atom stereocenters. The Bertz CT molecular complexity index is 1700. The van der Waals surface area contributed by atoms with E-state index in [-0.39, 0.29) is 18.1 Å². The zero-order valence-electron chi connectivity index (χ0n) is 25.3. The van der Waals surface area contributed by atoms with E-state index in [9.17, 15) is 10.1 Å². The van der Waals surface area contributed by atoms with E-state index in [1.165, 1.54) is 0 Å². The number of likely N-dealkylation sites (N-methyl/N-ethyl adjacent to an activating group) is 1. The molecular weight excluding hydrogens is 574 g/mol. The van der Waals surface area contributed by atoms with Gasteiger partial charge in [-0.25, -0.2) is 9.31 Å². The van der Waals surface area contributed by atoms with Crippen molar-refractivity contribution >= 4 is 33.7 Å². The third-order valence-electron chi connectivity index (χ3n) is 9.07. The molecule has 228 valence electrons. The van der Waals surface area contributed by atoms with E-state index in [1.807, 2.05) is 35.4 Å². The summed E-state index contributed by atoms with van der Waals surface area (Å²) in [7, 11) is 2.10. The number of hydrogen-bond donors (Lipinski definition) is 2. The van der Waals surface area contributed by atoms with Crippen molar-refractivity contribution in [3.63, 3.8) is 0 Å². The van der Waals surface area contributed by atoms with Gasteiger partial charge < -0.3 is 25.3 Å². The van der Waals surface area contributed by atoms with Crippen molar-refractivity contribution in [3.05, 3.63) is 42.2 Å². The molecule has 1 saturated carbocycles. The molecular formula is C31H37N11OS. The lowest BCUT2D eigenvalue weighted by Gasteiger charge is -2.40. The Morgan fingerprint density at radius 2 is 1.84 bits per heavy atom. The Balaban J connectivity index is 1.09. The van der Waals surface area contributed by atoms with Crippen LogP contribution in [0.3, 0.4) is 0 Å². The number of carbonyl (C=O) groups excluding carboxylic acids is 1. The monoisotopic (exact) mass is 611 g/mol. The fraction of sp³-hybridized carbons (Fsp3) is 0.484. The molecule has 2 bridgehead atoms. The van der Waals surface area contributed by atoms with E-state index in [0.29, 0.717) is 17.4 Å². The number of rotatable bonds is 6. The molecule has 6 heterocycles. The minimum Gasteiger partial charge on any atom is -0.382 e. The highest BCUT2D eigenvalue weighted by Gasteiger charge is 2.44. The maximum atomic E-state index is 13.0. The van der Waals surface area contributed by atoms with Gasteiger partial charge >= 0.3 is 6.03 Å².